The number of aromatic nitrogens is 1. The minimum atomic E-state index is 0.334. The van der Waals surface area contributed by atoms with Gasteiger partial charge in [0.05, 0.1) is 10.7 Å². The van der Waals surface area contributed by atoms with Crippen molar-refractivity contribution in [2.75, 3.05) is 19.7 Å². The molecule has 2 fully saturated rings. The Morgan fingerprint density at radius 2 is 2.29 bits per heavy atom. The Kier molecular flexibility index (Phi) is 3.45. The van der Waals surface area contributed by atoms with Crippen molar-refractivity contribution in [3.63, 3.8) is 0 Å². The first-order valence-corrected chi connectivity index (χ1v) is 7.50. The number of aliphatic hydroxyl groups excluding tert-OH is 1. The van der Waals surface area contributed by atoms with Crippen LogP contribution in [0.4, 0.5) is 0 Å². The Labute approximate surface area is 106 Å². The fourth-order valence-corrected chi connectivity index (χ4v) is 3.57. The van der Waals surface area contributed by atoms with E-state index in [1.165, 1.54) is 36.4 Å². The monoisotopic (exact) mass is 252 g/mol. The van der Waals surface area contributed by atoms with Crippen molar-refractivity contribution in [3.8, 4) is 0 Å². The summed E-state index contributed by atoms with van der Waals surface area (Å²) in [6, 6.07) is 0. The zero-order valence-electron chi connectivity index (χ0n) is 10.1. The van der Waals surface area contributed by atoms with E-state index < -0.39 is 0 Å². The Hall–Kier alpha value is -0.450. The van der Waals surface area contributed by atoms with Crippen molar-refractivity contribution >= 4 is 11.3 Å². The molecule has 1 aromatic heterocycles. The quantitative estimate of drug-likeness (QED) is 0.892. The molecule has 2 aliphatic rings. The van der Waals surface area contributed by atoms with Gasteiger partial charge in [-0.15, -0.1) is 11.3 Å². The van der Waals surface area contributed by atoms with Crippen LogP contribution >= 0.6 is 11.3 Å². The third kappa shape index (κ3) is 2.87. The molecule has 1 N–H and O–H groups in total. The highest BCUT2D eigenvalue weighted by Gasteiger charge is 2.27. The molecule has 1 aliphatic heterocycles. The number of hydrogen-bond acceptors (Lipinski definition) is 4. The molecule has 0 radical (unpaired) electrons. The molecule has 2 heterocycles. The van der Waals surface area contributed by atoms with Crippen LogP contribution in [0.25, 0.3) is 0 Å². The lowest BCUT2D eigenvalue weighted by Gasteiger charge is -2.31. The van der Waals surface area contributed by atoms with Crippen LogP contribution in [-0.2, 0) is 6.54 Å². The fraction of sp³-hybridized carbons (Fsp3) is 0.769. The van der Waals surface area contributed by atoms with Gasteiger partial charge in [0.2, 0.25) is 0 Å². The molecule has 1 saturated heterocycles. The maximum absolute atomic E-state index is 9.22. The molecule has 3 nitrogen and oxygen atoms in total. The van der Waals surface area contributed by atoms with E-state index in [2.05, 4.69) is 10.3 Å². The van der Waals surface area contributed by atoms with E-state index in [4.69, 9.17) is 4.98 Å². The second kappa shape index (κ2) is 5.04. The third-order valence-electron chi connectivity index (χ3n) is 3.74. The van der Waals surface area contributed by atoms with Gasteiger partial charge >= 0.3 is 0 Å². The molecule has 17 heavy (non-hydrogen) atoms. The molecule has 0 bridgehead atoms. The van der Waals surface area contributed by atoms with E-state index >= 15 is 0 Å². The average Bonchev–Trinajstić information content (AvgIpc) is 3.11. The topological polar surface area (TPSA) is 36.4 Å². The molecule has 0 spiro atoms. The second-order valence-electron chi connectivity index (χ2n) is 5.38. The number of piperidine rings is 1. The number of rotatable bonds is 4. The van der Waals surface area contributed by atoms with E-state index in [0.717, 1.165) is 25.6 Å². The van der Waals surface area contributed by atoms with Gasteiger partial charge < -0.3 is 5.11 Å². The molecular weight excluding hydrogens is 232 g/mol. The van der Waals surface area contributed by atoms with Crippen LogP contribution in [0, 0.1) is 5.92 Å². The van der Waals surface area contributed by atoms with E-state index in [1.807, 2.05) is 11.3 Å². The summed E-state index contributed by atoms with van der Waals surface area (Å²) in [4.78, 5) is 7.17. The average molecular weight is 252 g/mol. The minimum Gasteiger partial charge on any atom is -0.396 e. The van der Waals surface area contributed by atoms with Gasteiger partial charge in [-0.25, -0.2) is 4.98 Å². The lowest BCUT2D eigenvalue weighted by atomic mass is 9.99. The molecule has 1 aromatic rings. The van der Waals surface area contributed by atoms with Gasteiger partial charge in [0.15, 0.2) is 0 Å². The molecule has 1 unspecified atom stereocenters. The summed E-state index contributed by atoms with van der Waals surface area (Å²) in [7, 11) is 0. The Morgan fingerprint density at radius 1 is 1.41 bits per heavy atom. The van der Waals surface area contributed by atoms with E-state index in [9.17, 15) is 5.11 Å². The van der Waals surface area contributed by atoms with Crippen LogP contribution in [0.2, 0.25) is 0 Å². The van der Waals surface area contributed by atoms with Crippen LogP contribution in [0.1, 0.15) is 42.3 Å². The van der Waals surface area contributed by atoms with Gasteiger partial charge in [-0.05, 0) is 38.1 Å². The highest BCUT2D eigenvalue weighted by atomic mass is 32.1. The van der Waals surface area contributed by atoms with E-state index in [-0.39, 0.29) is 0 Å². The molecule has 1 atom stereocenters. The highest BCUT2D eigenvalue weighted by molar-refractivity contribution is 7.09. The van der Waals surface area contributed by atoms with E-state index in [1.54, 1.807) is 0 Å². The normalized spacial score (nSPS) is 26.3. The molecule has 4 heteroatoms. The van der Waals surface area contributed by atoms with Crippen LogP contribution in [-0.4, -0.2) is 34.7 Å². The lowest BCUT2D eigenvalue weighted by Crippen LogP contribution is -2.36. The minimum absolute atomic E-state index is 0.334. The second-order valence-corrected chi connectivity index (χ2v) is 6.27. The van der Waals surface area contributed by atoms with Crippen molar-refractivity contribution in [1.82, 2.24) is 9.88 Å². The third-order valence-corrected chi connectivity index (χ3v) is 4.80. The zero-order chi connectivity index (χ0) is 11.7. The summed E-state index contributed by atoms with van der Waals surface area (Å²) in [5.41, 5.74) is 1.23. The van der Waals surface area contributed by atoms with Crippen molar-refractivity contribution in [2.45, 2.75) is 38.1 Å². The summed E-state index contributed by atoms with van der Waals surface area (Å²) < 4.78 is 0. The van der Waals surface area contributed by atoms with Gasteiger partial charge in [-0.2, -0.15) is 0 Å². The summed E-state index contributed by atoms with van der Waals surface area (Å²) in [6.07, 6.45) is 5.06. The first-order chi connectivity index (χ1) is 8.35. The summed E-state index contributed by atoms with van der Waals surface area (Å²) in [5, 5.41) is 12.8. The van der Waals surface area contributed by atoms with Gasteiger partial charge in [0.1, 0.15) is 0 Å². The smallest absolute Gasteiger partial charge is 0.0959 e. The number of thiazole rings is 1. The Morgan fingerprint density at radius 3 is 3.06 bits per heavy atom. The van der Waals surface area contributed by atoms with Gasteiger partial charge in [-0.1, -0.05) is 0 Å². The molecule has 1 saturated carbocycles. The Balaban J connectivity index is 1.57. The summed E-state index contributed by atoms with van der Waals surface area (Å²) in [6.45, 7) is 3.50. The first-order valence-electron chi connectivity index (χ1n) is 6.62. The largest absolute Gasteiger partial charge is 0.396 e. The van der Waals surface area contributed by atoms with Crippen molar-refractivity contribution < 1.29 is 5.11 Å². The summed E-state index contributed by atoms with van der Waals surface area (Å²) in [5.74, 6) is 1.26. The predicted molar refractivity (Wildman–Crippen MR) is 69.2 cm³/mol. The SMILES string of the molecule is OCC1CCCN(Cc2csc(C3CC3)n2)C1. The van der Waals surface area contributed by atoms with Crippen LogP contribution in [0.3, 0.4) is 0 Å². The number of nitrogens with zero attached hydrogens (tertiary/aromatic N) is 2. The van der Waals surface area contributed by atoms with Crippen LogP contribution in [0.5, 0.6) is 0 Å². The Bertz CT molecular complexity index is 375. The summed E-state index contributed by atoms with van der Waals surface area (Å²) >= 11 is 1.83. The number of aliphatic hydroxyl groups is 1. The molecule has 1 aliphatic carbocycles. The maximum Gasteiger partial charge on any atom is 0.0959 e. The number of likely N-dealkylation sites (tertiary alicyclic amines) is 1. The fourth-order valence-electron chi connectivity index (χ4n) is 2.59. The molecule has 0 amide bonds. The number of hydrogen-bond donors (Lipinski definition) is 1. The zero-order valence-corrected chi connectivity index (χ0v) is 11.0. The van der Waals surface area contributed by atoms with Crippen LogP contribution < -0.4 is 0 Å². The highest BCUT2D eigenvalue weighted by Crippen LogP contribution is 2.41. The molecule has 3 rings (SSSR count). The van der Waals surface area contributed by atoms with E-state index in [0.29, 0.717) is 12.5 Å². The molecular formula is C13H20N2OS. The van der Waals surface area contributed by atoms with Gasteiger partial charge in [0, 0.05) is 31.0 Å². The maximum atomic E-state index is 9.22. The van der Waals surface area contributed by atoms with Crippen molar-refractivity contribution in [2.24, 2.45) is 5.92 Å². The van der Waals surface area contributed by atoms with Gasteiger partial charge in [-0.3, -0.25) is 4.90 Å². The molecule has 0 aromatic carbocycles. The molecule has 94 valence electrons. The lowest BCUT2D eigenvalue weighted by molar-refractivity contribution is 0.115. The first kappa shape index (κ1) is 11.6. The van der Waals surface area contributed by atoms with Crippen molar-refractivity contribution in [1.29, 1.82) is 0 Å². The van der Waals surface area contributed by atoms with Crippen molar-refractivity contribution in [3.05, 3.63) is 16.1 Å². The predicted octanol–water partition coefficient (Wildman–Crippen LogP) is 2.22. The van der Waals surface area contributed by atoms with Gasteiger partial charge in [0.25, 0.3) is 0 Å². The van der Waals surface area contributed by atoms with Crippen LogP contribution in [0.15, 0.2) is 5.38 Å². The standard InChI is InChI=1S/C13H20N2OS/c16-8-10-2-1-5-15(6-10)7-12-9-17-13(14-12)11-3-4-11/h9-11,16H,1-8H2.